The smallest absolute Gasteiger partial charge is 0.144 e. The number of aromatic nitrogens is 2. The first kappa shape index (κ1) is 16.4. The minimum Gasteiger partial charge on any atom is -0.385 e. The average molecular weight is 330 g/mol. The number of methoxy groups -OCH3 is 1. The predicted molar refractivity (Wildman–Crippen MR) is 82.6 cm³/mol. The third kappa shape index (κ3) is 5.45. The second-order valence-electron chi connectivity index (χ2n) is 4.97. The summed E-state index contributed by atoms with van der Waals surface area (Å²) in [5, 5.41) is 3.29. The first-order chi connectivity index (χ1) is 9.08. The fourth-order valence-corrected chi connectivity index (χ4v) is 2.32. The van der Waals surface area contributed by atoms with Crippen molar-refractivity contribution < 1.29 is 4.74 Å². The van der Waals surface area contributed by atoms with Crippen LogP contribution in [0.5, 0.6) is 0 Å². The summed E-state index contributed by atoms with van der Waals surface area (Å²) in [5.74, 6) is 2.37. The molecule has 1 rings (SSSR count). The third-order valence-corrected chi connectivity index (χ3v) is 3.49. The summed E-state index contributed by atoms with van der Waals surface area (Å²) in [7, 11) is 1.72. The third-order valence-electron chi connectivity index (χ3n) is 2.66. The van der Waals surface area contributed by atoms with Gasteiger partial charge in [-0.15, -0.1) is 0 Å². The number of anilines is 1. The first-order valence-electron chi connectivity index (χ1n) is 6.86. The van der Waals surface area contributed by atoms with E-state index in [4.69, 9.17) is 4.74 Å². The van der Waals surface area contributed by atoms with Crippen LogP contribution in [0.1, 0.15) is 38.7 Å². The Kier molecular flexibility index (Phi) is 7.31. The van der Waals surface area contributed by atoms with Gasteiger partial charge in [-0.1, -0.05) is 13.8 Å². The van der Waals surface area contributed by atoms with E-state index in [1.165, 1.54) is 0 Å². The topological polar surface area (TPSA) is 47.0 Å². The maximum Gasteiger partial charge on any atom is 0.144 e. The number of aryl methyl sites for hydroxylation is 1. The number of halogens is 1. The van der Waals surface area contributed by atoms with E-state index in [1.54, 1.807) is 7.11 Å². The van der Waals surface area contributed by atoms with Crippen LogP contribution < -0.4 is 5.32 Å². The minimum atomic E-state index is 0.576. The van der Waals surface area contributed by atoms with Gasteiger partial charge in [-0.2, -0.15) is 0 Å². The molecule has 0 radical (unpaired) electrons. The SMILES string of the molecule is CCNc1nc(CCCOC)nc(CC(C)C)c1Br. The molecular formula is C14H24BrN3O. The van der Waals surface area contributed by atoms with Crippen LogP contribution in [0.15, 0.2) is 4.47 Å². The highest BCUT2D eigenvalue weighted by atomic mass is 79.9. The van der Waals surface area contributed by atoms with Crippen molar-refractivity contribution >= 4 is 21.7 Å². The Hall–Kier alpha value is -0.680. The van der Waals surface area contributed by atoms with Gasteiger partial charge in [0.2, 0.25) is 0 Å². The molecule has 0 aliphatic rings. The molecule has 1 heterocycles. The molecule has 108 valence electrons. The molecule has 1 aromatic rings. The quantitative estimate of drug-likeness (QED) is 0.742. The molecule has 0 atom stereocenters. The van der Waals surface area contributed by atoms with Crippen molar-refractivity contribution in [1.82, 2.24) is 9.97 Å². The van der Waals surface area contributed by atoms with E-state index in [0.717, 1.165) is 54.2 Å². The van der Waals surface area contributed by atoms with Gasteiger partial charge in [0.1, 0.15) is 11.6 Å². The lowest BCUT2D eigenvalue weighted by Gasteiger charge is -2.13. The summed E-state index contributed by atoms with van der Waals surface area (Å²) in [6.45, 7) is 8.07. The molecular weight excluding hydrogens is 306 g/mol. The summed E-state index contributed by atoms with van der Waals surface area (Å²) in [6.07, 6.45) is 2.76. The van der Waals surface area contributed by atoms with Crippen LogP contribution in [0.4, 0.5) is 5.82 Å². The van der Waals surface area contributed by atoms with E-state index in [1.807, 2.05) is 0 Å². The Morgan fingerprint density at radius 3 is 2.63 bits per heavy atom. The van der Waals surface area contributed by atoms with Crippen molar-refractivity contribution in [1.29, 1.82) is 0 Å². The lowest BCUT2D eigenvalue weighted by Crippen LogP contribution is -2.10. The van der Waals surface area contributed by atoms with Gasteiger partial charge in [-0.3, -0.25) is 0 Å². The van der Waals surface area contributed by atoms with Crippen LogP contribution in [0.25, 0.3) is 0 Å². The van der Waals surface area contributed by atoms with Crippen LogP contribution in [0.2, 0.25) is 0 Å². The van der Waals surface area contributed by atoms with Crippen molar-refractivity contribution in [2.75, 3.05) is 25.6 Å². The van der Waals surface area contributed by atoms with Gasteiger partial charge in [-0.05, 0) is 41.6 Å². The zero-order chi connectivity index (χ0) is 14.3. The van der Waals surface area contributed by atoms with Gasteiger partial charge in [0.25, 0.3) is 0 Å². The molecule has 0 bridgehead atoms. The second-order valence-corrected chi connectivity index (χ2v) is 5.77. The molecule has 5 heteroatoms. The Balaban J connectivity index is 2.93. The predicted octanol–water partition coefficient (Wildman–Crippen LogP) is 3.45. The summed E-state index contributed by atoms with van der Waals surface area (Å²) >= 11 is 3.61. The number of nitrogens with zero attached hydrogens (tertiary/aromatic N) is 2. The van der Waals surface area contributed by atoms with E-state index in [-0.39, 0.29) is 0 Å². The Labute approximate surface area is 124 Å². The number of rotatable bonds is 8. The van der Waals surface area contributed by atoms with E-state index in [2.05, 4.69) is 52.0 Å². The Morgan fingerprint density at radius 2 is 2.05 bits per heavy atom. The Bertz CT molecular complexity index is 397. The van der Waals surface area contributed by atoms with Gasteiger partial charge >= 0.3 is 0 Å². The largest absolute Gasteiger partial charge is 0.385 e. The van der Waals surface area contributed by atoms with Crippen LogP contribution in [0, 0.1) is 5.92 Å². The van der Waals surface area contributed by atoms with Crippen molar-refractivity contribution in [2.45, 2.75) is 40.0 Å². The van der Waals surface area contributed by atoms with E-state index in [9.17, 15) is 0 Å². The maximum absolute atomic E-state index is 5.08. The molecule has 0 saturated heterocycles. The molecule has 0 spiro atoms. The summed E-state index contributed by atoms with van der Waals surface area (Å²) in [5.41, 5.74) is 1.09. The highest BCUT2D eigenvalue weighted by molar-refractivity contribution is 9.10. The highest BCUT2D eigenvalue weighted by Crippen LogP contribution is 2.25. The number of nitrogens with one attached hydrogen (secondary N) is 1. The highest BCUT2D eigenvalue weighted by Gasteiger charge is 2.13. The average Bonchev–Trinajstić information content (AvgIpc) is 2.35. The fourth-order valence-electron chi connectivity index (χ4n) is 1.84. The molecule has 0 unspecified atom stereocenters. The molecule has 1 aromatic heterocycles. The minimum absolute atomic E-state index is 0.576. The fraction of sp³-hybridized carbons (Fsp3) is 0.714. The van der Waals surface area contributed by atoms with Crippen molar-refractivity contribution in [3.8, 4) is 0 Å². The van der Waals surface area contributed by atoms with Crippen LogP contribution in [0.3, 0.4) is 0 Å². The lowest BCUT2D eigenvalue weighted by atomic mass is 10.1. The van der Waals surface area contributed by atoms with E-state index >= 15 is 0 Å². The molecule has 1 N–H and O–H groups in total. The van der Waals surface area contributed by atoms with Crippen LogP contribution in [-0.4, -0.2) is 30.2 Å². The van der Waals surface area contributed by atoms with Gasteiger partial charge in [0, 0.05) is 26.7 Å². The number of hydrogen-bond acceptors (Lipinski definition) is 4. The molecule has 0 aliphatic heterocycles. The van der Waals surface area contributed by atoms with Crippen LogP contribution in [-0.2, 0) is 17.6 Å². The first-order valence-corrected chi connectivity index (χ1v) is 7.65. The van der Waals surface area contributed by atoms with Crippen molar-refractivity contribution in [2.24, 2.45) is 5.92 Å². The molecule has 19 heavy (non-hydrogen) atoms. The number of hydrogen-bond donors (Lipinski definition) is 1. The zero-order valence-corrected chi connectivity index (χ0v) is 13.9. The summed E-state index contributed by atoms with van der Waals surface area (Å²) in [4.78, 5) is 9.25. The molecule has 0 amide bonds. The van der Waals surface area contributed by atoms with Gasteiger partial charge in [0.05, 0.1) is 10.2 Å². The van der Waals surface area contributed by atoms with E-state index < -0.39 is 0 Å². The van der Waals surface area contributed by atoms with Gasteiger partial charge in [-0.25, -0.2) is 9.97 Å². The molecule has 0 fully saturated rings. The summed E-state index contributed by atoms with van der Waals surface area (Å²) in [6, 6.07) is 0. The van der Waals surface area contributed by atoms with E-state index in [0.29, 0.717) is 5.92 Å². The van der Waals surface area contributed by atoms with Gasteiger partial charge < -0.3 is 10.1 Å². The summed E-state index contributed by atoms with van der Waals surface area (Å²) < 4.78 is 6.08. The monoisotopic (exact) mass is 329 g/mol. The normalized spacial score (nSPS) is 11.1. The zero-order valence-electron chi connectivity index (χ0n) is 12.3. The van der Waals surface area contributed by atoms with Gasteiger partial charge in [0.15, 0.2) is 0 Å². The molecule has 0 saturated carbocycles. The number of ether oxygens (including phenoxy) is 1. The molecule has 0 aromatic carbocycles. The van der Waals surface area contributed by atoms with Crippen LogP contribution >= 0.6 is 15.9 Å². The Morgan fingerprint density at radius 1 is 1.32 bits per heavy atom. The molecule has 4 nitrogen and oxygen atoms in total. The standard InChI is InChI=1S/C14H24BrN3O/c1-5-16-14-13(15)11(9-10(2)3)17-12(18-14)7-6-8-19-4/h10H,5-9H2,1-4H3,(H,16,17,18). The van der Waals surface area contributed by atoms with Crippen molar-refractivity contribution in [3.05, 3.63) is 16.0 Å². The lowest BCUT2D eigenvalue weighted by molar-refractivity contribution is 0.194. The van der Waals surface area contributed by atoms with Crippen molar-refractivity contribution in [3.63, 3.8) is 0 Å². The molecule has 0 aliphatic carbocycles. The maximum atomic E-state index is 5.08. The second kappa shape index (κ2) is 8.48.